The van der Waals surface area contributed by atoms with E-state index in [-0.39, 0.29) is 12.2 Å². The van der Waals surface area contributed by atoms with Gasteiger partial charge in [-0.15, -0.1) is 11.3 Å². The fraction of sp³-hybridized carbons (Fsp3) is 0.261. The fourth-order valence-electron chi connectivity index (χ4n) is 2.93. The highest BCUT2D eigenvalue weighted by Gasteiger charge is 2.36. The van der Waals surface area contributed by atoms with E-state index in [4.69, 9.17) is 9.84 Å². The lowest BCUT2D eigenvalue weighted by molar-refractivity contribution is -0.141. The number of carboxylic acid groups (broad SMARTS) is 1. The maximum absolute atomic E-state index is 13.5. The van der Waals surface area contributed by atoms with Crippen LogP contribution in [0.5, 0.6) is 5.75 Å². The van der Waals surface area contributed by atoms with Crippen LogP contribution in [0.4, 0.5) is 13.2 Å². The maximum Gasteiger partial charge on any atom is 0.426 e. The van der Waals surface area contributed by atoms with E-state index in [1.165, 1.54) is 6.07 Å². The molecular formula is C23H22F3NO3S. The van der Waals surface area contributed by atoms with E-state index >= 15 is 0 Å². The highest BCUT2D eigenvalue weighted by molar-refractivity contribution is 7.12. The van der Waals surface area contributed by atoms with Gasteiger partial charge in [0.15, 0.2) is 0 Å². The number of hydrogen-bond donors (Lipinski definition) is 2. The lowest BCUT2D eigenvalue weighted by atomic mass is 10.1. The predicted molar refractivity (Wildman–Crippen MR) is 114 cm³/mol. The summed E-state index contributed by atoms with van der Waals surface area (Å²) in [5, 5.41) is 12.0. The summed E-state index contributed by atoms with van der Waals surface area (Å²) in [6.45, 7) is 2.54. The summed E-state index contributed by atoms with van der Waals surface area (Å²) in [6.07, 6.45) is -4.43. The molecule has 0 amide bonds. The third-order valence-electron chi connectivity index (χ3n) is 4.63. The van der Waals surface area contributed by atoms with Crippen molar-refractivity contribution in [1.29, 1.82) is 0 Å². The van der Waals surface area contributed by atoms with Crippen LogP contribution >= 0.6 is 11.3 Å². The molecule has 164 valence electrons. The molecule has 0 fully saturated rings. The Morgan fingerprint density at radius 3 is 2.42 bits per heavy atom. The predicted octanol–water partition coefficient (Wildman–Crippen LogP) is 5.82. The van der Waals surface area contributed by atoms with E-state index < -0.39 is 22.9 Å². The Morgan fingerprint density at radius 2 is 1.81 bits per heavy atom. The van der Waals surface area contributed by atoms with Gasteiger partial charge in [0.1, 0.15) is 17.2 Å². The first kappa shape index (κ1) is 22.8. The second-order valence-electron chi connectivity index (χ2n) is 7.12. The number of thiophene rings is 1. The van der Waals surface area contributed by atoms with Crippen molar-refractivity contribution in [2.75, 3.05) is 6.54 Å². The lowest BCUT2D eigenvalue weighted by Gasteiger charge is -2.09. The van der Waals surface area contributed by atoms with Crippen molar-refractivity contribution in [2.45, 2.75) is 26.3 Å². The summed E-state index contributed by atoms with van der Waals surface area (Å²) < 4.78 is 46.1. The number of carbonyl (C=O) groups is 1. The molecule has 0 aliphatic heterocycles. The number of halogens is 3. The molecule has 8 heteroatoms. The van der Waals surface area contributed by atoms with Gasteiger partial charge in [-0.3, -0.25) is 4.79 Å². The Labute approximate surface area is 182 Å². The van der Waals surface area contributed by atoms with Gasteiger partial charge in [-0.1, -0.05) is 49.4 Å². The van der Waals surface area contributed by atoms with Gasteiger partial charge in [0, 0.05) is 23.5 Å². The van der Waals surface area contributed by atoms with Crippen molar-refractivity contribution in [1.82, 2.24) is 5.32 Å². The first-order chi connectivity index (χ1) is 14.7. The number of nitrogens with one attached hydrogen (secondary N) is 1. The molecular weight excluding hydrogens is 427 g/mol. The van der Waals surface area contributed by atoms with Gasteiger partial charge >= 0.3 is 12.1 Å². The quantitative estimate of drug-likeness (QED) is 0.432. The standard InChI is InChI=1S/C23H22F3NO3S/c1-15(22(28)29)12-27-13-16-7-9-18(10-8-16)30-14-19-11-20(17-5-3-2-4-6-17)21(31-19)23(24,25)26/h2-11,15,27H,12-14H2,1H3,(H,28,29). The molecule has 3 aromatic rings. The van der Waals surface area contributed by atoms with Crippen LogP contribution in [0, 0.1) is 5.92 Å². The van der Waals surface area contributed by atoms with Gasteiger partial charge in [-0.25, -0.2) is 0 Å². The first-order valence-corrected chi connectivity index (χ1v) is 10.5. The van der Waals surface area contributed by atoms with Crippen LogP contribution in [-0.4, -0.2) is 17.6 Å². The topological polar surface area (TPSA) is 58.6 Å². The molecule has 1 unspecified atom stereocenters. The molecule has 2 aromatic carbocycles. The summed E-state index contributed by atoms with van der Waals surface area (Å²) >= 11 is 0.692. The maximum atomic E-state index is 13.5. The van der Waals surface area contributed by atoms with Crippen molar-refractivity contribution in [3.63, 3.8) is 0 Å². The van der Waals surface area contributed by atoms with E-state index in [1.807, 2.05) is 12.1 Å². The minimum Gasteiger partial charge on any atom is -0.488 e. The molecule has 4 nitrogen and oxygen atoms in total. The average molecular weight is 449 g/mol. The number of alkyl halides is 3. The zero-order valence-electron chi connectivity index (χ0n) is 16.8. The Bertz CT molecular complexity index is 1000. The van der Waals surface area contributed by atoms with Crippen LogP contribution in [0.15, 0.2) is 60.7 Å². The van der Waals surface area contributed by atoms with Crippen LogP contribution in [0.25, 0.3) is 11.1 Å². The third-order valence-corrected chi connectivity index (χ3v) is 5.78. The van der Waals surface area contributed by atoms with Crippen LogP contribution in [0.3, 0.4) is 0 Å². The molecule has 0 bridgehead atoms. The zero-order valence-corrected chi connectivity index (χ0v) is 17.6. The molecule has 3 rings (SSSR count). The van der Waals surface area contributed by atoms with E-state index in [2.05, 4.69) is 5.32 Å². The van der Waals surface area contributed by atoms with Crippen molar-refractivity contribution in [2.24, 2.45) is 5.92 Å². The average Bonchev–Trinajstić information content (AvgIpc) is 3.19. The third kappa shape index (κ3) is 6.32. The summed E-state index contributed by atoms with van der Waals surface area (Å²) in [5.74, 6) is -0.782. The molecule has 0 aliphatic carbocycles. The lowest BCUT2D eigenvalue weighted by Crippen LogP contribution is -2.25. The van der Waals surface area contributed by atoms with Gasteiger partial charge in [-0.05, 0) is 29.3 Å². The SMILES string of the molecule is CC(CNCc1ccc(OCc2cc(-c3ccccc3)c(C(F)(F)F)s2)cc1)C(=O)O. The number of ether oxygens (including phenoxy) is 1. The van der Waals surface area contributed by atoms with Crippen LogP contribution in [0.2, 0.25) is 0 Å². The van der Waals surface area contributed by atoms with Crippen LogP contribution in [0.1, 0.15) is 22.2 Å². The van der Waals surface area contributed by atoms with Crippen LogP contribution in [-0.2, 0) is 24.1 Å². The normalized spacial score (nSPS) is 12.5. The number of benzene rings is 2. The molecule has 31 heavy (non-hydrogen) atoms. The van der Waals surface area contributed by atoms with Gasteiger partial charge in [-0.2, -0.15) is 13.2 Å². The van der Waals surface area contributed by atoms with Gasteiger partial charge in [0.2, 0.25) is 0 Å². The molecule has 1 atom stereocenters. The summed E-state index contributed by atoms with van der Waals surface area (Å²) in [4.78, 5) is 10.7. The Kier molecular flexibility index (Phi) is 7.35. The minimum absolute atomic E-state index is 0.0360. The molecule has 0 saturated carbocycles. The largest absolute Gasteiger partial charge is 0.488 e. The molecule has 0 radical (unpaired) electrons. The zero-order chi connectivity index (χ0) is 22.4. The van der Waals surface area contributed by atoms with E-state index in [0.717, 1.165) is 5.56 Å². The molecule has 0 aliphatic rings. The van der Waals surface area contributed by atoms with Crippen molar-refractivity contribution < 1.29 is 27.8 Å². The van der Waals surface area contributed by atoms with Gasteiger partial charge in [0.05, 0.1) is 5.92 Å². The molecule has 0 saturated heterocycles. The number of rotatable bonds is 9. The number of hydrogen-bond acceptors (Lipinski definition) is 4. The van der Waals surface area contributed by atoms with Gasteiger partial charge in [0.25, 0.3) is 0 Å². The van der Waals surface area contributed by atoms with E-state index in [0.29, 0.717) is 40.6 Å². The minimum atomic E-state index is -4.43. The van der Waals surface area contributed by atoms with Gasteiger partial charge < -0.3 is 15.2 Å². The Hall–Kier alpha value is -2.84. The molecule has 2 N–H and O–H groups in total. The number of carboxylic acids is 1. The number of aliphatic carboxylic acids is 1. The summed E-state index contributed by atoms with van der Waals surface area (Å²) in [5.41, 5.74) is 1.63. The molecule has 1 aromatic heterocycles. The smallest absolute Gasteiger partial charge is 0.426 e. The highest BCUT2D eigenvalue weighted by Crippen LogP contribution is 2.43. The van der Waals surface area contributed by atoms with E-state index in [9.17, 15) is 18.0 Å². The summed E-state index contributed by atoms with van der Waals surface area (Å²) in [6, 6.07) is 17.2. The first-order valence-electron chi connectivity index (χ1n) is 9.64. The summed E-state index contributed by atoms with van der Waals surface area (Å²) in [7, 11) is 0. The Morgan fingerprint density at radius 1 is 1.13 bits per heavy atom. The van der Waals surface area contributed by atoms with Crippen LogP contribution < -0.4 is 10.1 Å². The monoisotopic (exact) mass is 449 g/mol. The Balaban J connectivity index is 1.62. The van der Waals surface area contributed by atoms with Crippen molar-refractivity contribution in [3.05, 3.63) is 76.0 Å². The molecule has 0 spiro atoms. The van der Waals surface area contributed by atoms with Crippen molar-refractivity contribution >= 4 is 17.3 Å². The highest BCUT2D eigenvalue weighted by atomic mass is 32.1. The molecule has 1 heterocycles. The van der Waals surface area contributed by atoms with E-state index in [1.54, 1.807) is 49.4 Å². The second-order valence-corrected chi connectivity index (χ2v) is 8.26. The second kappa shape index (κ2) is 9.98. The fourth-order valence-corrected chi connectivity index (χ4v) is 3.89. The van der Waals surface area contributed by atoms with Crippen molar-refractivity contribution in [3.8, 4) is 16.9 Å².